The second-order valence-electron chi connectivity index (χ2n) is 6.20. The molecular weight excluding hydrogens is 441 g/mol. The molecule has 2 atom stereocenters. The highest BCUT2D eigenvalue weighted by Crippen LogP contribution is 2.41. The smallest absolute Gasteiger partial charge is 0.320 e. The summed E-state index contributed by atoms with van der Waals surface area (Å²) < 4.78 is 6.45. The monoisotopic (exact) mass is 457 g/mol. The molecule has 4 nitrogen and oxygen atoms in total. The van der Waals surface area contributed by atoms with Crippen molar-refractivity contribution >= 4 is 45.1 Å². The standard InChI is InChI=1S/C19H18BrCl2NO3/c1-26-17-7-5-12(20)10-13(17)18(11-4-6-14(21)15(22)9-11)23-8-2-3-16(23)19(24)25/h4-7,9-10,16,18H,2-3,8H2,1H3,(H,24,25). The van der Waals surface area contributed by atoms with Gasteiger partial charge in [0.1, 0.15) is 11.8 Å². The highest BCUT2D eigenvalue weighted by molar-refractivity contribution is 9.10. The number of halogens is 3. The van der Waals surface area contributed by atoms with Crippen molar-refractivity contribution in [2.45, 2.75) is 24.9 Å². The molecule has 0 saturated carbocycles. The Morgan fingerprint density at radius 1 is 1.27 bits per heavy atom. The lowest BCUT2D eigenvalue weighted by Gasteiger charge is -2.33. The average Bonchev–Trinajstić information content (AvgIpc) is 3.08. The Hall–Kier alpha value is -1.27. The molecule has 26 heavy (non-hydrogen) atoms. The van der Waals surface area contributed by atoms with Crippen LogP contribution in [0.5, 0.6) is 5.75 Å². The fraction of sp³-hybridized carbons (Fsp3) is 0.316. The van der Waals surface area contributed by atoms with Crippen LogP contribution in [0.2, 0.25) is 10.0 Å². The van der Waals surface area contributed by atoms with E-state index in [4.69, 9.17) is 27.9 Å². The Bertz CT molecular complexity index is 830. The number of aliphatic carboxylic acids is 1. The second kappa shape index (κ2) is 8.17. The zero-order chi connectivity index (χ0) is 18.8. The van der Waals surface area contributed by atoms with Crippen LogP contribution in [-0.4, -0.2) is 35.7 Å². The minimum Gasteiger partial charge on any atom is -0.496 e. The molecule has 1 N–H and O–H groups in total. The van der Waals surface area contributed by atoms with E-state index in [-0.39, 0.29) is 6.04 Å². The third kappa shape index (κ3) is 3.86. The lowest BCUT2D eigenvalue weighted by molar-refractivity contribution is -0.142. The number of benzene rings is 2. The van der Waals surface area contributed by atoms with Gasteiger partial charge in [-0.15, -0.1) is 0 Å². The largest absolute Gasteiger partial charge is 0.496 e. The first-order chi connectivity index (χ1) is 12.4. The van der Waals surface area contributed by atoms with Crippen LogP contribution in [0.25, 0.3) is 0 Å². The van der Waals surface area contributed by atoms with Gasteiger partial charge in [-0.2, -0.15) is 0 Å². The van der Waals surface area contributed by atoms with Gasteiger partial charge >= 0.3 is 5.97 Å². The predicted octanol–water partition coefficient (Wildman–Crippen LogP) is 5.40. The summed E-state index contributed by atoms with van der Waals surface area (Å²) in [6.45, 7) is 0.678. The van der Waals surface area contributed by atoms with Crippen molar-refractivity contribution in [1.29, 1.82) is 0 Å². The molecule has 1 heterocycles. The molecular formula is C19H18BrCl2NO3. The average molecular weight is 459 g/mol. The van der Waals surface area contributed by atoms with Crippen molar-refractivity contribution in [1.82, 2.24) is 4.90 Å². The van der Waals surface area contributed by atoms with Crippen LogP contribution in [0, 0.1) is 0 Å². The van der Waals surface area contributed by atoms with Crippen LogP contribution in [0.4, 0.5) is 0 Å². The molecule has 0 aromatic heterocycles. The van der Waals surface area contributed by atoms with E-state index in [2.05, 4.69) is 15.9 Å². The molecule has 138 valence electrons. The molecule has 2 aromatic rings. The Balaban J connectivity index is 2.18. The van der Waals surface area contributed by atoms with Gasteiger partial charge in [0.05, 0.1) is 23.2 Å². The van der Waals surface area contributed by atoms with Crippen molar-refractivity contribution in [3.8, 4) is 5.75 Å². The number of nitrogens with zero attached hydrogens (tertiary/aromatic N) is 1. The highest BCUT2D eigenvalue weighted by Gasteiger charge is 2.38. The third-order valence-electron chi connectivity index (χ3n) is 4.66. The van der Waals surface area contributed by atoms with Crippen molar-refractivity contribution in [2.75, 3.05) is 13.7 Å². The molecule has 2 unspecified atom stereocenters. The Morgan fingerprint density at radius 3 is 2.69 bits per heavy atom. The molecule has 1 saturated heterocycles. The maximum absolute atomic E-state index is 11.8. The summed E-state index contributed by atoms with van der Waals surface area (Å²) in [5, 5.41) is 10.6. The van der Waals surface area contributed by atoms with Crippen LogP contribution in [0.1, 0.15) is 30.0 Å². The lowest BCUT2D eigenvalue weighted by Crippen LogP contribution is -2.39. The number of hydrogen-bond acceptors (Lipinski definition) is 3. The van der Waals surface area contributed by atoms with E-state index < -0.39 is 12.0 Å². The van der Waals surface area contributed by atoms with Crippen LogP contribution in [0.3, 0.4) is 0 Å². The van der Waals surface area contributed by atoms with Gasteiger partial charge < -0.3 is 9.84 Å². The Morgan fingerprint density at radius 2 is 2.04 bits per heavy atom. The molecule has 2 aromatic carbocycles. The molecule has 7 heteroatoms. The predicted molar refractivity (Wildman–Crippen MR) is 106 cm³/mol. The Labute approximate surface area is 170 Å². The van der Waals surface area contributed by atoms with Gasteiger partial charge in [0.25, 0.3) is 0 Å². The van der Waals surface area contributed by atoms with E-state index in [1.807, 2.05) is 29.2 Å². The fourth-order valence-electron chi connectivity index (χ4n) is 3.51. The van der Waals surface area contributed by atoms with E-state index in [0.29, 0.717) is 28.8 Å². The number of ether oxygens (including phenoxy) is 1. The second-order valence-corrected chi connectivity index (χ2v) is 7.93. The first kappa shape index (κ1) is 19.5. The molecule has 3 rings (SSSR count). The zero-order valence-electron chi connectivity index (χ0n) is 14.1. The summed E-state index contributed by atoms with van der Waals surface area (Å²) in [7, 11) is 1.61. The van der Waals surface area contributed by atoms with E-state index in [1.165, 1.54) is 0 Å². The SMILES string of the molecule is COc1ccc(Br)cc1C(c1ccc(Cl)c(Cl)c1)N1CCCC1C(=O)O. The van der Waals surface area contributed by atoms with Crippen LogP contribution in [0.15, 0.2) is 40.9 Å². The van der Waals surface area contributed by atoms with Gasteiger partial charge in [0.2, 0.25) is 0 Å². The third-order valence-corrected chi connectivity index (χ3v) is 5.89. The van der Waals surface area contributed by atoms with Gasteiger partial charge in [-0.3, -0.25) is 9.69 Å². The summed E-state index contributed by atoms with van der Waals surface area (Å²) in [5.41, 5.74) is 1.76. The number of carbonyl (C=O) groups is 1. The molecule has 1 fully saturated rings. The minimum atomic E-state index is -0.818. The number of carboxylic acid groups (broad SMARTS) is 1. The molecule has 0 bridgehead atoms. The Kier molecular flexibility index (Phi) is 6.13. The summed E-state index contributed by atoms with van der Waals surface area (Å²) in [6, 6.07) is 10.3. The maximum Gasteiger partial charge on any atom is 0.320 e. The number of hydrogen-bond donors (Lipinski definition) is 1. The molecule has 0 spiro atoms. The minimum absolute atomic E-state index is 0.305. The summed E-state index contributed by atoms with van der Waals surface area (Å²) in [6.07, 6.45) is 1.44. The first-order valence-electron chi connectivity index (χ1n) is 8.19. The van der Waals surface area contributed by atoms with E-state index in [1.54, 1.807) is 19.2 Å². The van der Waals surface area contributed by atoms with Gasteiger partial charge in [-0.25, -0.2) is 0 Å². The number of likely N-dealkylation sites (tertiary alicyclic amines) is 1. The van der Waals surface area contributed by atoms with Crippen LogP contribution >= 0.6 is 39.1 Å². The normalized spacial score (nSPS) is 18.7. The van der Waals surface area contributed by atoms with Crippen LogP contribution in [-0.2, 0) is 4.79 Å². The molecule has 1 aliphatic heterocycles. The van der Waals surface area contributed by atoms with Crippen molar-refractivity contribution in [2.24, 2.45) is 0 Å². The van der Waals surface area contributed by atoms with E-state index in [0.717, 1.165) is 22.0 Å². The lowest BCUT2D eigenvalue weighted by atomic mass is 9.95. The quantitative estimate of drug-likeness (QED) is 0.651. The van der Waals surface area contributed by atoms with Crippen LogP contribution < -0.4 is 4.74 Å². The van der Waals surface area contributed by atoms with Gasteiger partial charge in [-0.05, 0) is 48.7 Å². The summed E-state index contributed by atoms with van der Waals surface area (Å²) >= 11 is 15.8. The summed E-state index contributed by atoms with van der Waals surface area (Å²) in [5.74, 6) is -0.123. The van der Waals surface area contributed by atoms with E-state index in [9.17, 15) is 9.90 Å². The number of methoxy groups -OCH3 is 1. The maximum atomic E-state index is 11.8. The molecule has 1 aliphatic rings. The number of rotatable bonds is 5. The molecule has 0 amide bonds. The zero-order valence-corrected chi connectivity index (χ0v) is 17.2. The topological polar surface area (TPSA) is 49.8 Å². The van der Waals surface area contributed by atoms with Gasteiger partial charge in [0.15, 0.2) is 0 Å². The molecule has 0 radical (unpaired) electrons. The van der Waals surface area contributed by atoms with Crippen molar-refractivity contribution in [3.63, 3.8) is 0 Å². The first-order valence-corrected chi connectivity index (χ1v) is 9.74. The fourth-order valence-corrected chi connectivity index (χ4v) is 4.20. The van der Waals surface area contributed by atoms with Crippen molar-refractivity contribution in [3.05, 3.63) is 62.0 Å². The van der Waals surface area contributed by atoms with Gasteiger partial charge in [-0.1, -0.05) is 45.2 Å². The highest BCUT2D eigenvalue weighted by atomic mass is 79.9. The number of carboxylic acids is 1. The summed E-state index contributed by atoms with van der Waals surface area (Å²) in [4.78, 5) is 13.8. The molecule has 0 aliphatic carbocycles. The van der Waals surface area contributed by atoms with Gasteiger partial charge in [0, 0.05) is 16.6 Å². The van der Waals surface area contributed by atoms with Crippen molar-refractivity contribution < 1.29 is 14.6 Å². The van der Waals surface area contributed by atoms with E-state index >= 15 is 0 Å².